The molecule has 5 nitrogen and oxygen atoms in total. The molecule has 29 heavy (non-hydrogen) atoms. The van der Waals surface area contributed by atoms with Crippen LogP contribution >= 0.6 is 0 Å². The minimum absolute atomic E-state index is 0.134. The number of piperidine rings is 3. The first-order valence-electron chi connectivity index (χ1n) is 9.67. The van der Waals surface area contributed by atoms with Crippen LogP contribution in [0.25, 0.3) is 0 Å². The summed E-state index contributed by atoms with van der Waals surface area (Å²) in [5.41, 5.74) is -0.344. The van der Waals surface area contributed by atoms with Gasteiger partial charge >= 0.3 is 6.18 Å². The molecule has 0 aliphatic carbocycles. The Balaban J connectivity index is 1.41. The monoisotopic (exact) mass is 405 g/mol. The summed E-state index contributed by atoms with van der Waals surface area (Å²) in [4.78, 5) is 18.9. The van der Waals surface area contributed by atoms with Crippen molar-refractivity contribution in [1.29, 1.82) is 0 Å². The molecule has 4 heterocycles. The summed E-state index contributed by atoms with van der Waals surface area (Å²) in [6.45, 7) is 4.33. The molecule has 1 aromatic carbocycles. The summed E-state index contributed by atoms with van der Waals surface area (Å²) in [6, 6.07) is 8.49. The zero-order chi connectivity index (χ0) is 20.6. The molecule has 1 amide bonds. The zero-order valence-corrected chi connectivity index (χ0v) is 15.9. The number of hydrogen-bond acceptors (Lipinski definition) is 4. The largest absolute Gasteiger partial charge is 0.439 e. The van der Waals surface area contributed by atoms with E-state index in [0.29, 0.717) is 23.3 Å². The molecular formula is C21H22F3N3O2. The number of nitrogens with zero attached hydrogens (tertiary/aromatic N) is 2. The average Bonchev–Trinajstić information content (AvgIpc) is 2.71. The van der Waals surface area contributed by atoms with Gasteiger partial charge in [-0.15, -0.1) is 0 Å². The van der Waals surface area contributed by atoms with E-state index in [0.717, 1.165) is 44.3 Å². The van der Waals surface area contributed by atoms with Crippen molar-refractivity contribution in [3.05, 3.63) is 53.7 Å². The summed E-state index contributed by atoms with van der Waals surface area (Å²) in [5, 5.41) is 3.15. The van der Waals surface area contributed by atoms with Gasteiger partial charge in [0, 0.05) is 29.9 Å². The number of nitrogens with one attached hydrogen (secondary N) is 1. The number of benzene rings is 1. The van der Waals surface area contributed by atoms with E-state index in [4.69, 9.17) is 4.74 Å². The number of alkyl halides is 3. The Morgan fingerprint density at radius 2 is 1.86 bits per heavy atom. The summed E-state index contributed by atoms with van der Waals surface area (Å²) in [7, 11) is 0. The van der Waals surface area contributed by atoms with Crippen molar-refractivity contribution in [3.63, 3.8) is 0 Å². The topological polar surface area (TPSA) is 54.5 Å². The second kappa shape index (κ2) is 7.67. The van der Waals surface area contributed by atoms with Crippen LogP contribution in [0.15, 0.2) is 42.6 Å². The van der Waals surface area contributed by atoms with Gasteiger partial charge in [-0.2, -0.15) is 13.2 Å². The molecule has 2 aromatic rings. The normalized spacial score (nSPS) is 26.2. The predicted octanol–water partition coefficient (Wildman–Crippen LogP) is 4.11. The van der Waals surface area contributed by atoms with Crippen LogP contribution in [0.2, 0.25) is 0 Å². The van der Waals surface area contributed by atoms with Crippen molar-refractivity contribution in [2.75, 3.05) is 13.1 Å². The van der Waals surface area contributed by atoms with Gasteiger partial charge in [0.15, 0.2) is 0 Å². The van der Waals surface area contributed by atoms with E-state index in [9.17, 15) is 18.0 Å². The first-order chi connectivity index (χ1) is 13.8. The molecule has 3 aliphatic heterocycles. The van der Waals surface area contributed by atoms with Crippen LogP contribution in [-0.4, -0.2) is 41.0 Å². The van der Waals surface area contributed by atoms with E-state index in [1.165, 1.54) is 0 Å². The van der Waals surface area contributed by atoms with Crippen molar-refractivity contribution in [2.45, 2.75) is 38.0 Å². The van der Waals surface area contributed by atoms with Crippen LogP contribution in [0.4, 0.5) is 13.2 Å². The highest BCUT2D eigenvalue weighted by Crippen LogP contribution is 2.33. The van der Waals surface area contributed by atoms with Crippen molar-refractivity contribution in [3.8, 4) is 11.6 Å². The number of fused-ring (bicyclic) bond motifs is 3. The minimum atomic E-state index is -4.46. The van der Waals surface area contributed by atoms with Crippen molar-refractivity contribution < 1.29 is 22.7 Å². The number of carbonyl (C=O) groups is 1. The molecule has 154 valence electrons. The van der Waals surface area contributed by atoms with Crippen LogP contribution in [-0.2, 0) is 6.18 Å². The van der Waals surface area contributed by atoms with Gasteiger partial charge in [-0.3, -0.25) is 9.69 Å². The lowest BCUT2D eigenvalue weighted by Crippen LogP contribution is -2.62. The fourth-order valence-electron chi connectivity index (χ4n) is 4.22. The van der Waals surface area contributed by atoms with Gasteiger partial charge in [0.2, 0.25) is 5.88 Å². The number of pyridine rings is 1. The van der Waals surface area contributed by atoms with E-state index in [1.807, 2.05) is 0 Å². The molecular weight excluding hydrogens is 383 g/mol. The zero-order valence-electron chi connectivity index (χ0n) is 15.9. The van der Waals surface area contributed by atoms with Crippen molar-refractivity contribution in [1.82, 2.24) is 15.2 Å². The third-order valence-corrected chi connectivity index (χ3v) is 5.88. The number of amides is 1. The smallest absolute Gasteiger partial charge is 0.416 e. The third kappa shape index (κ3) is 4.22. The molecule has 3 saturated heterocycles. The standard InChI is InChI=1S/C21H22F3N3O2/c1-13-19(14-7-10-27(13)11-8-14)26-20(28)15-2-4-17(5-3-15)29-18-12-16(6-9-25-18)21(22,23)24/h2-6,9,12-14,19H,7-8,10-11H2,1H3,(H,26,28)/t13-,19-/m0/s1. The summed E-state index contributed by atoms with van der Waals surface area (Å²) < 4.78 is 43.8. The summed E-state index contributed by atoms with van der Waals surface area (Å²) >= 11 is 0. The van der Waals surface area contributed by atoms with Crippen LogP contribution in [0.5, 0.6) is 11.6 Å². The highest BCUT2D eigenvalue weighted by Gasteiger charge is 2.40. The Morgan fingerprint density at radius 3 is 2.48 bits per heavy atom. The highest BCUT2D eigenvalue weighted by molar-refractivity contribution is 5.94. The van der Waals surface area contributed by atoms with Gasteiger partial charge in [-0.25, -0.2) is 4.98 Å². The molecule has 2 atom stereocenters. The Hall–Kier alpha value is -2.61. The van der Waals surface area contributed by atoms with Crippen LogP contribution in [0, 0.1) is 5.92 Å². The lowest BCUT2D eigenvalue weighted by atomic mass is 9.79. The number of hydrogen-bond donors (Lipinski definition) is 1. The number of ether oxygens (including phenoxy) is 1. The van der Waals surface area contributed by atoms with Gasteiger partial charge in [0.25, 0.3) is 5.91 Å². The molecule has 2 bridgehead atoms. The quantitative estimate of drug-likeness (QED) is 0.832. The van der Waals surface area contributed by atoms with Gasteiger partial charge in [0.05, 0.1) is 5.56 Å². The predicted molar refractivity (Wildman–Crippen MR) is 101 cm³/mol. The molecule has 5 rings (SSSR count). The van der Waals surface area contributed by atoms with Crippen molar-refractivity contribution >= 4 is 5.91 Å². The first-order valence-corrected chi connectivity index (χ1v) is 9.67. The fourth-order valence-corrected chi connectivity index (χ4v) is 4.22. The molecule has 0 spiro atoms. The van der Waals surface area contributed by atoms with E-state index < -0.39 is 11.7 Å². The van der Waals surface area contributed by atoms with Crippen LogP contribution < -0.4 is 10.1 Å². The lowest BCUT2D eigenvalue weighted by molar-refractivity contribution is -0.137. The summed E-state index contributed by atoms with van der Waals surface area (Å²) in [5.74, 6) is 0.510. The maximum atomic E-state index is 12.8. The maximum Gasteiger partial charge on any atom is 0.416 e. The van der Waals surface area contributed by atoms with Gasteiger partial charge in [-0.05, 0) is 69.1 Å². The average molecular weight is 405 g/mol. The highest BCUT2D eigenvalue weighted by atomic mass is 19.4. The number of halogens is 3. The van der Waals surface area contributed by atoms with Crippen molar-refractivity contribution in [2.24, 2.45) is 5.92 Å². The molecule has 1 N–H and O–H groups in total. The minimum Gasteiger partial charge on any atom is -0.439 e. The molecule has 0 unspecified atom stereocenters. The SMILES string of the molecule is C[C@H]1[C@H](NC(=O)c2ccc(Oc3cc(C(F)(F)F)ccn3)cc2)C2CCN1CC2. The van der Waals surface area contributed by atoms with E-state index in [-0.39, 0.29) is 17.8 Å². The van der Waals surface area contributed by atoms with E-state index in [1.54, 1.807) is 24.3 Å². The second-order valence-corrected chi connectivity index (χ2v) is 7.62. The maximum absolute atomic E-state index is 12.8. The van der Waals surface area contributed by atoms with E-state index >= 15 is 0 Å². The lowest BCUT2D eigenvalue weighted by Gasteiger charge is -2.49. The number of rotatable bonds is 4. The van der Waals surface area contributed by atoms with Gasteiger partial charge in [-0.1, -0.05) is 0 Å². The van der Waals surface area contributed by atoms with Crippen LogP contribution in [0.3, 0.4) is 0 Å². The van der Waals surface area contributed by atoms with E-state index in [2.05, 4.69) is 22.1 Å². The fraction of sp³-hybridized carbons (Fsp3) is 0.429. The van der Waals surface area contributed by atoms with Crippen LogP contribution in [0.1, 0.15) is 35.7 Å². The second-order valence-electron chi connectivity index (χ2n) is 7.62. The van der Waals surface area contributed by atoms with Gasteiger partial charge < -0.3 is 10.1 Å². The molecule has 0 saturated carbocycles. The molecule has 8 heteroatoms. The molecule has 3 fully saturated rings. The first kappa shape index (κ1) is 19.7. The number of aromatic nitrogens is 1. The molecule has 3 aliphatic rings. The Kier molecular flexibility index (Phi) is 5.21. The summed E-state index contributed by atoms with van der Waals surface area (Å²) in [6.07, 6.45) is -1.21. The van der Waals surface area contributed by atoms with Gasteiger partial charge in [0.1, 0.15) is 5.75 Å². The Bertz CT molecular complexity index is 875. The number of carbonyl (C=O) groups excluding carboxylic acids is 1. The molecule has 1 aromatic heterocycles. The Labute approximate surface area is 166 Å². The molecule has 0 radical (unpaired) electrons. The third-order valence-electron chi connectivity index (χ3n) is 5.88. The Morgan fingerprint density at radius 1 is 1.17 bits per heavy atom.